The van der Waals surface area contributed by atoms with Crippen molar-refractivity contribution in [1.82, 2.24) is 0 Å². The highest BCUT2D eigenvalue weighted by atomic mass is 16.7. The summed E-state index contributed by atoms with van der Waals surface area (Å²) in [6.45, 7) is 1.08. The Morgan fingerprint density at radius 1 is 0.870 bits per heavy atom. The van der Waals surface area contributed by atoms with E-state index in [0.29, 0.717) is 19.6 Å². The lowest BCUT2D eigenvalue weighted by Crippen LogP contribution is -2.30. The summed E-state index contributed by atoms with van der Waals surface area (Å²) in [5.74, 6) is 0.111. The van der Waals surface area contributed by atoms with E-state index >= 15 is 0 Å². The standard InChI is InChI=1S/C19H20O4/c1-20-17-9-7-16(8-10-17)18(21-2)13-19(18)22-11-14-5-3-4-6-15(14)12-23-19/h3-10H,11-13H2,1-2H3. The molecule has 23 heavy (non-hydrogen) atoms. The first-order valence-electron chi connectivity index (χ1n) is 7.77. The van der Waals surface area contributed by atoms with E-state index in [1.807, 2.05) is 36.4 Å². The molecule has 2 aromatic carbocycles. The molecule has 4 heteroatoms. The molecule has 1 aliphatic heterocycles. The van der Waals surface area contributed by atoms with Gasteiger partial charge in [-0.15, -0.1) is 0 Å². The third kappa shape index (κ3) is 2.17. The maximum absolute atomic E-state index is 6.17. The summed E-state index contributed by atoms with van der Waals surface area (Å²) in [7, 11) is 3.37. The lowest BCUT2D eigenvalue weighted by atomic mass is 10.1. The van der Waals surface area contributed by atoms with Gasteiger partial charge in [0.25, 0.3) is 0 Å². The summed E-state index contributed by atoms with van der Waals surface area (Å²) < 4.78 is 23.4. The molecule has 0 amide bonds. The molecule has 1 aliphatic carbocycles. The lowest BCUT2D eigenvalue weighted by molar-refractivity contribution is -0.219. The van der Waals surface area contributed by atoms with Crippen molar-refractivity contribution in [3.63, 3.8) is 0 Å². The molecule has 120 valence electrons. The number of hydrogen-bond donors (Lipinski definition) is 0. The molecule has 1 fully saturated rings. The molecule has 4 nitrogen and oxygen atoms in total. The van der Waals surface area contributed by atoms with E-state index in [0.717, 1.165) is 11.3 Å². The molecule has 2 aliphatic rings. The maximum Gasteiger partial charge on any atom is 0.206 e. The Morgan fingerprint density at radius 3 is 2.00 bits per heavy atom. The molecule has 1 atom stereocenters. The van der Waals surface area contributed by atoms with E-state index in [4.69, 9.17) is 18.9 Å². The van der Waals surface area contributed by atoms with Crippen LogP contribution in [-0.2, 0) is 33.0 Å². The second-order valence-corrected chi connectivity index (χ2v) is 6.04. The van der Waals surface area contributed by atoms with Crippen LogP contribution in [-0.4, -0.2) is 20.0 Å². The molecule has 1 saturated carbocycles. The second-order valence-electron chi connectivity index (χ2n) is 6.04. The zero-order valence-electron chi connectivity index (χ0n) is 13.4. The van der Waals surface area contributed by atoms with Crippen LogP contribution in [0.3, 0.4) is 0 Å². The average molecular weight is 312 g/mol. The minimum absolute atomic E-state index is 0.539. The van der Waals surface area contributed by atoms with E-state index in [1.165, 1.54) is 11.1 Å². The third-order valence-electron chi connectivity index (χ3n) is 4.92. The van der Waals surface area contributed by atoms with Gasteiger partial charge >= 0.3 is 0 Å². The van der Waals surface area contributed by atoms with Crippen molar-refractivity contribution in [3.8, 4) is 5.75 Å². The third-order valence-corrected chi connectivity index (χ3v) is 4.92. The SMILES string of the molecule is COc1ccc(C2(OC)CC23OCc2ccccc2CO3)cc1. The van der Waals surface area contributed by atoms with Gasteiger partial charge in [-0.2, -0.15) is 0 Å². The number of methoxy groups -OCH3 is 2. The quantitative estimate of drug-likeness (QED) is 0.870. The van der Waals surface area contributed by atoms with E-state index in [9.17, 15) is 0 Å². The van der Waals surface area contributed by atoms with Crippen LogP contribution >= 0.6 is 0 Å². The van der Waals surface area contributed by atoms with E-state index in [1.54, 1.807) is 14.2 Å². The molecule has 2 aromatic rings. The molecule has 0 radical (unpaired) electrons. The van der Waals surface area contributed by atoms with Crippen molar-refractivity contribution in [2.75, 3.05) is 14.2 Å². The van der Waals surface area contributed by atoms with Gasteiger partial charge in [0.05, 0.1) is 20.3 Å². The highest BCUT2D eigenvalue weighted by molar-refractivity contribution is 5.39. The summed E-state index contributed by atoms with van der Waals surface area (Å²) >= 11 is 0. The van der Waals surface area contributed by atoms with Crippen molar-refractivity contribution in [3.05, 3.63) is 65.2 Å². The Hall–Kier alpha value is -1.88. The van der Waals surface area contributed by atoms with Crippen molar-refractivity contribution >= 4 is 0 Å². The van der Waals surface area contributed by atoms with Gasteiger partial charge in [0.1, 0.15) is 5.75 Å². The molecule has 1 heterocycles. The normalized spacial score (nSPS) is 24.8. The van der Waals surface area contributed by atoms with Crippen LogP contribution in [0, 0.1) is 0 Å². The van der Waals surface area contributed by atoms with E-state index in [2.05, 4.69) is 12.1 Å². The van der Waals surface area contributed by atoms with Crippen LogP contribution in [0.25, 0.3) is 0 Å². The van der Waals surface area contributed by atoms with Gasteiger partial charge in [0, 0.05) is 13.5 Å². The fraction of sp³-hybridized carbons (Fsp3) is 0.368. The highest BCUT2D eigenvalue weighted by Crippen LogP contribution is 2.62. The van der Waals surface area contributed by atoms with Crippen LogP contribution in [0.4, 0.5) is 0 Å². The monoisotopic (exact) mass is 312 g/mol. The zero-order valence-corrected chi connectivity index (χ0v) is 13.4. The van der Waals surface area contributed by atoms with Crippen molar-refractivity contribution < 1.29 is 18.9 Å². The Morgan fingerprint density at radius 2 is 1.48 bits per heavy atom. The second kappa shape index (κ2) is 5.34. The van der Waals surface area contributed by atoms with Gasteiger partial charge in [0.15, 0.2) is 5.60 Å². The average Bonchev–Trinajstić information content (AvgIpc) is 3.32. The van der Waals surface area contributed by atoms with Crippen molar-refractivity contribution in [2.24, 2.45) is 0 Å². The first-order valence-corrected chi connectivity index (χ1v) is 7.77. The van der Waals surface area contributed by atoms with Gasteiger partial charge < -0.3 is 18.9 Å². The van der Waals surface area contributed by atoms with Gasteiger partial charge in [0.2, 0.25) is 5.79 Å². The highest BCUT2D eigenvalue weighted by Gasteiger charge is 2.73. The summed E-state index contributed by atoms with van der Waals surface area (Å²) in [5.41, 5.74) is 2.85. The van der Waals surface area contributed by atoms with Crippen molar-refractivity contribution in [2.45, 2.75) is 31.0 Å². The molecule has 0 saturated heterocycles. The minimum atomic E-state index is -0.713. The predicted octanol–water partition coefficient (Wildman–Crippen LogP) is 3.38. The van der Waals surface area contributed by atoms with E-state index < -0.39 is 11.4 Å². The topological polar surface area (TPSA) is 36.9 Å². The number of benzene rings is 2. The molecule has 1 unspecified atom stereocenters. The lowest BCUT2D eigenvalue weighted by Gasteiger charge is -2.24. The Labute approximate surface area is 135 Å². The van der Waals surface area contributed by atoms with Gasteiger partial charge in [-0.3, -0.25) is 0 Å². The Kier molecular flexibility index (Phi) is 3.41. The smallest absolute Gasteiger partial charge is 0.206 e. The van der Waals surface area contributed by atoms with Gasteiger partial charge in [-0.1, -0.05) is 36.4 Å². The first-order chi connectivity index (χ1) is 11.2. The largest absolute Gasteiger partial charge is 0.497 e. The minimum Gasteiger partial charge on any atom is -0.497 e. The number of ether oxygens (including phenoxy) is 4. The Balaban J connectivity index is 1.63. The van der Waals surface area contributed by atoms with E-state index in [-0.39, 0.29) is 0 Å². The van der Waals surface area contributed by atoms with Gasteiger partial charge in [-0.25, -0.2) is 0 Å². The molecule has 0 N–H and O–H groups in total. The summed E-state index contributed by atoms with van der Waals surface area (Å²) in [4.78, 5) is 0. The fourth-order valence-corrected chi connectivity index (χ4v) is 3.42. The summed E-state index contributed by atoms with van der Waals surface area (Å²) in [5, 5.41) is 0. The van der Waals surface area contributed by atoms with Crippen LogP contribution in [0.15, 0.2) is 48.5 Å². The molecule has 1 spiro atoms. The molecule has 0 aromatic heterocycles. The zero-order chi connectivity index (χ0) is 15.9. The van der Waals surface area contributed by atoms with Crippen LogP contribution in [0.1, 0.15) is 23.1 Å². The predicted molar refractivity (Wildman–Crippen MR) is 85.0 cm³/mol. The molecular weight excluding hydrogens is 292 g/mol. The number of hydrogen-bond acceptors (Lipinski definition) is 4. The maximum atomic E-state index is 6.17. The first kappa shape index (κ1) is 14.7. The van der Waals surface area contributed by atoms with Crippen LogP contribution < -0.4 is 4.74 Å². The summed E-state index contributed by atoms with van der Waals surface area (Å²) in [6, 6.07) is 16.1. The molecule has 4 rings (SSSR count). The fourth-order valence-electron chi connectivity index (χ4n) is 3.42. The van der Waals surface area contributed by atoms with Crippen LogP contribution in [0.5, 0.6) is 5.75 Å². The van der Waals surface area contributed by atoms with Crippen LogP contribution in [0.2, 0.25) is 0 Å². The Bertz CT molecular complexity index is 683. The number of rotatable bonds is 3. The summed E-state index contributed by atoms with van der Waals surface area (Å²) in [6.07, 6.45) is 0.691. The number of fused-ring (bicyclic) bond motifs is 1. The molecular formula is C19H20O4. The van der Waals surface area contributed by atoms with Gasteiger partial charge in [-0.05, 0) is 28.8 Å². The molecule has 0 bridgehead atoms. The van der Waals surface area contributed by atoms with Crippen molar-refractivity contribution in [1.29, 1.82) is 0 Å².